The van der Waals surface area contributed by atoms with Crippen LogP contribution in [0.3, 0.4) is 0 Å². The van der Waals surface area contributed by atoms with Crippen molar-refractivity contribution in [2.45, 2.75) is 19.4 Å². The first-order valence-corrected chi connectivity index (χ1v) is 8.39. The fourth-order valence-corrected chi connectivity index (χ4v) is 3.22. The molecule has 0 aliphatic carbocycles. The van der Waals surface area contributed by atoms with Crippen LogP contribution in [0.2, 0.25) is 0 Å². The molecule has 3 nitrogen and oxygen atoms in total. The van der Waals surface area contributed by atoms with E-state index in [2.05, 4.69) is 22.0 Å². The number of nitrogens with zero attached hydrogens (tertiary/aromatic N) is 2. The van der Waals surface area contributed by atoms with Crippen molar-refractivity contribution in [3.8, 4) is 0 Å². The molecule has 0 saturated carbocycles. The maximum Gasteiger partial charge on any atom is 0.134 e. The number of piperidine rings is 1. The Morgan fingerprint density at radius 1 is 1.04 bits per heavy atom. The summed E-state index contributed by atoms with van der Waals surface area (Å²) in [6.45, 7) is 2.76. The van der Waals surface area contributed by atoms with Gasteiger partial charge in [-0.2, -0.15) is 0 Å². The number of halogens is 1. The molecule has 0 spiro atoms. The Morgan fingerprint density at radius 2 is 1.79 bits per heavy atom. The third-order valence-electron chi connectivity index (χ3n) is 4.52. The number of aromatic nitrogens is 2. The number of imidazole rings is 1. The zero-order chi connectivity index (χ0) is 16.4. The molecule has 2 heterocycles. The monoisotopic (exact) mass is 321 g/mol. The molecule has 122 valence electrons. The van der Waals surface area contributed by atoms with Gasteiger partial charge in [-0.3, -0.25) is 0 Å². The average molecular weight is 321 g/mol. The molecule has 1 N–H and O–H groups in total. The first-order chi connectivity index (χ1) is 11.8. The van der Waals surface area contributed by atoms with Crippen LogP contribution in [-0.2, 0) is 6.54 Å². The van der Waals surface area contributed by atoms with E-state index in [9.17, 15) is 4.39 Å². The minimum absolute atomic E-state index is 0.203. The molecule has 1 fully saturated rings. The lowest BCUT2D eigenvalue weighted by atomic mass is 10.1. The second-order valence-electron chi connectivity index (χ2n) is 6.22. The van der Waals surface area contributed by atoms with Gasteiger partial charge >= 0.3 is 0 Å². The molecule has 1 aromatic heterocycles. The molecule has 0 atom stereocenters. The number of hydrogen-bond acceptors (Lipinski definition) is 2. The smallest absolute Gasteiger partial charge is 0.134 e. The highest BCUT2D eigenvalue weighted by molar-refractivity contribution is 5.78. The predicted molar refractivity (Wildman–Crippen MR) is 95.3 cm³/mol. The van der Waals surface area contributed by atoms with Gasteiger partial charge < -0.3 is 9.88 Å². The summed E-state index contributed by atoms with van der Waals surface area (Å²) in [4.78, 5) is 4.81. The Balaban J connectivity index is 1.76. The molecule has 0 amide bonds. The van der Waals surface area contributed by atoms with E-state index in [1.807, 2.05) is 30.3 Å². The van der Waals surface area contributed by atoms with Crippen LogP contribution in [0.4, 0.5) is 4.39 Å². The Labute approximate surface area is 140 Å². The van der Waals surface area contributed by atoms with Gasteiger partial charge in [0.05, 0.1) is 11.0 Å². The van der Waals surface area contributed by atoms with Crippen LogP contribution >= 0.6 is 0 Å². The summed E-state index contributed by atoms with van der Waals surface area (Å²) in [5.74, 6) is 0.781. The SMILES string of the molecule is Fc1ccc(Cn2c(C=C3CCNCC3)nc3ccccc32)cc1. The summed E-state index contributed by atoms with van der Waals surface area (Å²) in [5, 5.41) is 3.38. The summed E-state index contributed by atoms with van der Waals surface area (Å²) in [6, 6.07) is 14.9. The molecule has 3 aromatic rings. The van der Waals surface area contributed by atoms with Crippen molar-refractivity contribution >= 4 is 17.1 Å². The third-order valence-corrected chi connectivity index (χ3v) is 4.52. The van der Waals surface area contributed by atoms with Crippen LogP contribution in [0, 0.1) is 5.82 Å². The van der Waals surface area contributed by atoms with Crippen LogP contribution in [0.25, 0.3) is 17.1 Å². The number of rotatable bonds is 3. The molecule has 0 bridgehead atoms. The quantitative estimate of drug-likeness (QED) is 0.790. The lowest BCUT2D eigenvalue weighted by Gasteiger charge is -2.15. The third kappa shape index (κ3) is 3.10. The van der Waals surface area contributed by atoms with E-state index in [0.29, 0.717) is 6.54 Å². The van der Waals surface area contributed by atoms with Crippen molar-refractivity contribution in [2.75, 3.05) is 13.1 Å². The number of benzene rings is 2. The van der Waals surface area contributed by atoms with Gasteiger partial charge in [-0.05, 0) is 61.8 Å². The van der Waals surface area contributed by atoms with Gasteiger partial charge in [-0.25, -0.2) is 9.37 Å². The molecule has 1 aliphatic rings. The van der Waals surface area contributed by atoms with Crippen LogP contribution < -0.4 is 5.32 Å². The predicted octanol–water partition coefficient (Wildman–Crippen LogP) is 3.99. The van der Waals surface area contributed by atoms with Crippen LogP contribution in [0.15, 0.2) is 54.1 Å². The van der Waals surface area contributed by atoms with E-state index in [0.717, 1.165) is 48.4 Å². The van der Waals surface area contributed by atoms with E-state index in [1.165, 1.54) is 17.7 Å². The fraction of sp³-hybridized carbons (Fsp3) is 0.250. The Hall–Kier alpha value is -2.46. The van der Waals surface area contributed by atoms with Gasteiger partial charge in [0, 0.05) is 6.54 Å². The van der Waals surface area contributed by atoms with Crippen molar-refractivity contribution in [3.05, 3.63) is 71.3 Å². The molecule has 0 radical (unpaired) electrons. The van der Waals surface area contributed by atoms with Gasteiger partial charge in [0.1, 0.15) is 11.6 Å². The zero-order valence-electron chi connectivity index (χ0n) is 13.5. The van der Waals surface area contributed by atoms with Gasteiger partial charge in [-0.15, -0.1) is 0 Å². The maximum atomic E-state index is 13.2. The Bertz CT molecular complexity index is 870. The van der Waals surface area contributed by atoms with E-state index in [1.54, 1.807) is 0 Å². The molecule has 4 heteroatoms. The van der Waals surface area contributed by atoms with Gasteiger partial charge in [-0.1, -0.05) is 29.8 Å². The summed E-state index contributed by atoms with van der Waals surface area (Å²) < 4.78 is 15.4. The second-order valence-corrected chi connectivity index (χ2v) is 6.22. The number of nitrogens with one attached hydrogen (secondary N) is 1. The molecular weight excluding hydrogens is 301 g/mol. The van der Waals surface area contributed by atoms with E-state index >= 15 is 0 Å². The highest BCUT2D eigenvalue weighted by Gasteiger charge is 2.12. The van der Waals surface area contributed by atoms with E-state index in [-0.39, 0.29) is 5.82 Å². The molecular formula is C20H20FN3. The molecule has 1 saturated heterocycles. The minimum atomic E-state index is -0.203. The van der Waals surface area contributed by atoms with Gasteiger partial charge in [0.2, 0.25) is 0 Å². The van der Waals surface area contributed by atoms with Crippen LogP contribution in [-0.4, -0.2) is 22.6 Å². The number of para-hydroxylation sites is 2. The highest BCUT2D eigenvalue weighted by Crippen LogP contribution is 2.22. The Kier molecular flexibility index (Phi) is 4.13. The highest BCUT2D eigenvalue weighted by atomic mass is 19.1. The molecule has 4 rings (SSSR count). The van der Waals surface area contributed by atoms with E-state index < -0.39 is 0 Å². The van der Waals surface area contributed by atoms with Crippen molar-refractivity contribution in [3.63, 3.8) is 0 Å². The number of hydrogen-bond donors (Lipinski definition) is 1. The number of fused-ring (bicyclic) bond motifs is 1. The molecule has 0 unspecified atom stereocenters. The normalized spacial score (nSPS) is 15.0. The van der Waals surface area contributed by atoms with Gasteiger partial charge in [0.15, 0.2) is 0 Å². The topological polar surface area (TPSA) is 29.9 Å². The van der Waals surface area contributed by atoms with Crippen molar-refractivity contribution in [1.29, 1.82) is 0 Å². The van der Waals surface area contributed by atoms with E-state index in [4.69, 9.17) is 4.98 Å². The zero-order valence-corrected chi connectivity index (χ0v) is 13.5. The summed E-state index contributed by atoms with van der Waals surface area (Å²) >= 11 is 0. The fourth-order valence-electron chi connectivity index (χ4n) is 3.22. The lowest BCUT2D eigenvalue weighted by Crippen LogP contribution is -2.23. The average Bonchev–Trinajstić information content (AvgIpc) is 2.95. The standard InChI is InChI=1S/C20H20FN3/c21-17-7-5-16(6-8-17)14-24-19-4-2-1-3-18(19)23-20(24)13-15-9-11-22-12-10-15/h1-8,13,22H,9-12,14H2. The summed E-state index contributed by atoms with van der Waals surface area (Å²) in [5.41, 5.74) is 4.62. The van der Waals surface area contributed by atoms with Gasteiger partial charge in [0.25, 0.3) is 0 Å². The largest absolute Gasteiger partial charge is 0.320 e. The second kappa shape index (κ2) is 6.57. The molecule has 2 aromatic carbocycles. The minimum Gasteiger partial charge on any atom is -0.320 e. The molecule has 1 aliphatic heterocycles. The molecule has 24 heavy (non-hydrogen) atoms. The Morgan fingerprint density at radius 3 is 2.58 bits per heavy atom. The van der Waals surface area contributed by atoms with Crippen molar-refractivity contribution in [2.24, 2.45) is 0 Å². The van der Waals surface area contributed by atoms with Crippen LogP contribution in [0.5, 0.6) is 0 Å². The van der Waals surface area contributed by atoms with Crippen molar-refractivity contribution in [1.82, 2.24) is 14.9 Å². The summed E-state index contributed by atoms with van der Waals surface area (Å²) in [6.07, 6.45) is 4.36. The maximum absolute atomic E-state index is 13.2. The lowest BCUT2D eigenvalue weighted by molar-refractivity contribution is 0.612. The van der Waals surface area contributed by atoms with Crippen molar-refractivity contribution < 1.29 is 4.39 Å². The van der Waals surface area contributed by atoms with Crippen LogP contribution in [0.1, 0.15) is 24.2 Å². The summed E-state index contributed by atoms with van der Waals surface area (Å²) in [7, 11) is 0. The first-order valence-electron chi connectivity index (χ1n) is 8.39. The first kappa shape index (κ1) is 15.1.